The largest absolute Gasteiger partial charge is 0.227 e. The van der Waals surface area contributed by atoms with Gasteiger partial charge in [-0.2, -0.15) is 5.26 Å². The Balaban J connectivity index is 4.11. The van der Waals surface area contributed by atoms with Gasteiger partial charge in [0.15, 0.2) is 5.25 Å². The molecule has 0 aliphatic carbocycles. The third kappa shape index (κ3) is 5.20. The van der Waals surface area contributed by atoms with E-state index in [2.05, 4.69) is 4.72 Å². The lowest BCUT2D eigenvalue weighted by molar-refractivity contribution is 0.378. The predicted octanol–water partition coefficient (Wildman–Crippen LogP) is 1.25. The molecule has 0 spiro atoms. The van der Waals surface area contributed by atoms with Crippen LogP contribution < -0.4 is 4.72 Å². The van der Waals surface area contributed by atoms with Gasteiger partial charge >= 0.3 is 0 Å². The van der Waals surface area contributed by atoms with Crippen LogP contribution in [-0.2, 0) is 10.0 Å². The van der Waals surface area contributed by atoms with Gasteiger partial charge in [0.2, 0.25) is 10.0 Å². The predicted molar refractivity (Wildman–Crippen MR) is 56.1 cm³/mol. The summed E-state index contributed by atoms with van der Waals surface area (Å²) in [4.78, 5) is 0. The van der Waals surface area contributed by atoms with Crippen LogP contribution in [0.25, 0.3) is 0 Å². The molecule has 0 rings (SSSR count). The zero-order valence-electron chi connectivity index (χ0n) is 9.16. The van der Waals surface area contributed by atoms with Crippen LogP contribution in [0.1, 0.15) is 34.1 Å². The van der Waals surface area contributed by atoms with Crippen molar-refractivity contribution in [3.05, 3.63) is 0 Å². The molecule has 0 heterocycles. The van der Waals surface area contributed by atoms with E-state index in [0.717, 1.165) is 6.42 Å². The van der Waals surface area contributed by atoms with E-state index in [9.17, 15) is 8.42 Å². The summed E-state index contributed by atoms with van der Waals surface area (Å²) in [5.74, 6) is 0. The molecule has 0 aliphatic heterocycles. The maximum Gasteiger partial charge on any atom is 0.227 e. The number of sulfonamides is 1. The van der Waals surface area contributed by atoms with Crippen molar-refractivity contribution < 1.29 is 8.42 Å². The van der Waals surface area contributed by atoms with Crippen molar-refractivity contribution in [2.75, 3.05) is 6.54 Å². The second-order valence-corrected chi connectivity index (χ2v) is 6.61. The molecule has 0 aromatic heterocycles. The maximum atomic E-state index is 11.3. The van der Waals surface area contributed by atoms with E-state index < -0.39 is 15.3 Å². The third-order valence-electron chi connectivity index (χ3n) is 1.83. The number of nitrogens with zero attached hydrogens (tertiary/aromatic N) is 1. The molecule has 5 heteroatoms. The SMILES string of the molecule is CC(C#N)S(=O)(=O)NCCC(C)(C)C. The van der Waals surface area contributed by atoms with Crippen molar-refractivity contribution in [1.82, 2.24) is 4.72 Å². The molecule has 0 bridgehead atoms. The van der Waals surface area contributed by atoms with Crippen LogP contribution in [0, 0.1) is 16.7 Å². The first-order chi connectivity index (χ1) is 6.19. The fourth-order valence-electron chi connectivity index (χ4n) is 0.763. The monoisotopic (exact) mass is 218 g/mol. The average Bonchev–Trinajstić information content (AvgIpc) is 2.00. The van der Waals surface area contributed by atoms with Crippen molar-refractivity contribution in [1.29, 1.82) is 5.26 Å². The Kier molecular flexibility index (Phi) is 4.56. The van der Waals surface area contributed by atoms with Crippen LogP contribution in [0.15, 0.2) is 0 Å². The van der Waals surface area contributed by atoms with E-state index >= 15 is 0 Å². The maximum absolute atomic E-state index is 11.3. The van der Waals surface area contributed by atoms with Crippen LogP contribution in [0.2, 0.25) is 0 Å². The van der Waals surface area contributed by atoms with E-state index in [1.54, 1.807) is 6.07 Å². The molecule has 14 heavy (non-hydrogen) atoms. The van der Waals surface area contributed by atoms with Gasteiger partial charge in [-0.25, -0.2) is 13.1 Å². The molecular weight excluding hydrogens is 200 g/mol. The molecule has 0 saturated heterocycles. The minimum absolute atomic E-state index is 0.0956. The number of hydrogen-bond acceptors (Lipinski definition) is 3. The first-order valence-electron chi connectivity index (χ1n) is 4.57. The first-order valence-corrected chi connectivity index (χ1v) is 6.12. The molecule has 0 aliphatic rings. The normalized spacial score (nSPS) is 14.8. The van der Waals surface area contributed by atoms with Crippen LogP contribution in [0.5, 0.6) is 0 Å². The topological polar surface area (TPSA) is 70.0 Å². The summed E-state index contributed by atoms with van der Waals surface area (Å²) in [5.41, 5.74) is 0.0956. The summed E-state index contributed by atoms with van der Waals surface area (Å²) < 4.78 is 25.0. The zero-order chi connectivity index (χ0) is 11.4. The molecule has 0 aromatic rings. The second-order valence-electron chi connectivity index (χ2n) is 4.52. The van der Waals surface area contributed by atoms with Gasteiger partial charge in [-0.05, 0) is 18.8 Å². The standard InChI is InChI=1S/C9H18N2O2S/c1-8(7-10)14(12,13)11-6-5-9(2,3)4/h8,11H,5-6H2,1-4H3. The summed E-state index contributed by atoms with van der Waals surface area (Å²) in [6.07, 6.45) is 0.754. The van der Waals surface area contributed by atoms with E-state index in [-0.39, 0.29) is 5.41 Å². The van der Waals surface area contributed by atoms with Crippen LogP contribution in [0.3, 0.4) is 0 Å². The molecule has 1 N–H and O–H groups in total. The Labute approximate surface area is 86.4 Å². The Morgan fingerprint density at radius 3 is 2.29 bits per heavy atom. The molecule has 0 amide bonds. The van der Waals surface area contributed by atoms with E-state index in [0.29, 0.717) is 6.54 Å². The summed E-state index contributed by atoms with van der Waals surface area (Å²) in [5, 5.41) is 7.48. The fraction of sp³-hybridized carbons (Fsp3) is 0.889. The van der Waals surface area contributed by atoms with Crippen molar-refractivity contribution in [2.45, 2.75) is 39.4 Å². The van der Waals surface area contributed by atoms with Crippen molar-refractivity contribution in [2.24, 2.45) is 5.41 Å². The lowest BCUT2D eigenvalue weighted by atomic mass is 9.93. The smallest absolute Gasteiger partial charge is 0.214 e. The molecule has 0 aromatic carbocycles. The summed E-state index contributed by atoms with van der Waals surface area (Å²) in [7, 11) is -3.44. The van der Waals surface area contributed by atoms with E-state index in [1.165, 1.54) is 6.92 Å². The van der Waals surface area contributed by atoms with Gasteiger partial charge in [-0.1, -0.05) is 20.8 Å². The Morgan fingerprint density at radius 1 is 1.43 bits per heavy atom. The van der Waals surface area contributed by atoms with E-state index in [4.69, 9.17) is 5.26 Å². The minimum Gasteiger partial charge on any atom is -0.214 e. The quantitative estimate of drug-likeness (QED) is 0.772. The lowest BCUT2D eigenvalue weighted by Crippen LogP contribution is -2.33. The molecule has 0 radical (unpaired) electrons. The Hall–Kier alpha value is -0.600. The van der Waals surface area contributed by atoms with Gasteiger partial charge in [0.25, 0.3) is 0 Å². The highest BCUT2D eigenvalue weighted by Gasteiger charge is 2.20. The van der Waals surface area contributed by atoms with Crippen molar-refractivity contribution >= 4 is 10.0 Å². The molecule has 4 nitrogen and oxygen atoms in total. The Bertz CT molecular complexity index is 309. The number of nitriles is 1. The highest BCUT2D eigenvalue weighted by Crippen LogP contribution is 2.17. The first kappa shape index (κ1) is 13.4. The summed E-state index contributed by atoms with van der Waals surface area (Å²) in [6, 6.07) is 1.70. The number of rotatable bonds is 4. The van der Waals surface area contributed by atoms with E-state index in [1.807, 2.05) is 20.8 Å². The third-order valence-corrected chi connectivity index (χ3v) is 3.47. The fourth-order valence-corrected chi connectivity index (χ4v) is 1.54. The van der Waals surface area contributed by atoms with Crippen LogP contribution in [-0.4, -0.2) is 20.2 Å². The number of nitrogens with one attached hydrogen (secondary N) is 1. The molecule has 0 fully saturated rings. The van der Waals surface area contributed by atoms with Gasteiger partial charge in [0.1, 0.15) is 0 Å². The lowest BCUT2D eigenvalue weighted by Gasteiger charge is -2.18. The summed E-state index contributed by atoms with van der Waals surface area (Å²) in [6.45, 7) is 7.87. The van der Waals surface area contributed by atoms with Gasteiger partial charge in [-0.3, -0.25) is 0 Å². The molecule has 0 saturated carbocycles. The van der Waals surface area contributed by atoms with Gasteiger partial charge in [-0.15, -0.1) is 0 Å². The van der Waals surface area contributed by atoms with Crippen molar-refractivity contribution in [3.8, 4) is 6.07 Å². The Morgan fingerprint density at radius 2 is 1.93 bits per heavy atom. The highest BCUT2D eigenvalue weighted by molar-refractivity contribution is 7.90. The van der Waals surface area contributed by atoms with Crippen molar-refractivity contribution in [3.63, 3.8) is 0 Å². The van der Waals surface area contributed by atoms with Gasteiger partial charge < -0.3 is 0 Å². The molecular formula is C9H18N2O2S. The molecule has 1 atom stereocenters. The second kappa shape index (κ2) is 4.76. The van der Waals surface area contributed by atoms with Gasteiger partial charge in [0.05, 0.1) is 6.07 Å². The van der Waals surface area contributed by atoms with Crippen LogP contribution >= 0.6 is 0 Å². The summed E-state index contributed by atoms with van der Waals surface area (Å²) >= 11 is 0. The van der Waals surface area contributed by atoms with Crippen LogP contribution in [0.4, 0.5) is 0 Å². The van der Waals surface area contributed by atoms with Gasteiger partial charge in [0, 0.05) is 6.54 Å². The highest BCUT2D eigenvalue weighted by atomic mass is 32.2. The number of hydrogen-bond donors (Lipinski definition) is 1. The zero-order valence-corrected chi connectivity index (χ0v) is 9.98. The minimum atomic E-state index is -3.44. The average molecular weight is 218 g/mol. The molecule has 1 unspecified atom stereocenters. The molecule has 82 valence electrons.